The quantitative estimate of drug-likeness (QED) is 0.0410. The Bertz CT molecular complexity index is 3550. The summed E-state index contributed by atoms with van der Waals surface area (Å²) in [7, 11) is 2.60. The fraction of sp³-hybridized carbons (Fsp3) is 0.321. The molecule has 0 unspecified atom stereocenters. The molecule has 0 atom stereocenters. The van der Waals surface area contributed by atoms with Crippen LogP contribution in [0.15, 0.2) is 97.6 Å². The fourth-order valence-electron chi connectivity index (χ4n) is 9.57. The summed E-state index contributed by atoms with van der Waals surface area (Å²) in [6.07, 6.45) is 12.8. The first kappa shape index (κ1) is 55.3. The van der Waals surface area contributed by atoms with Gasteiger partial charge >= 0.3 is 0 Å². The van der Waals surface area contributed by atoms with E-state index in [0.29, 0.717) is 34.5 Å². The molecule has 0 fully saturated rings. The van der Waals surface area contributed by atoms with Gasteiger partial charge in [0.05, 0.1) is 77.3 Å². The van der Waals surface area contributed by atoms with Crippen LogP contribution in [0.3, 0.4) is 0 Å². The molecule has 0 saturated carbocycles. The normalized spacial score (nSPS) is 12.4. The molecule has 0 aliphatic carbocycles. The molecule has 0 spiro atoms. The van der Waals surface area contributed by atoms with E-state index in [1.807, 2.05) is 12.1 Å². The highest BCUT2D eigenvalue weighted by atomic mass is 32.2. The van der Waals surface area contributed by atoms with Gasteiger partial charge in [-0.3, -0.25) is 24.4 Å². The lowest BCUT2D eigenvalue weighted by Gasteiger charge is -2.21. The number of hydrogen-bond donors (Lipinski definition) is 3. The fourth-order valence-corrected chi connectivity index (χ4v) is 9.94. The molecule has 6 heterocycles. The number of likely N-dealkylation sites (N-methyl/N-ethyl adjacent to an activating group) is 2. The Kier molecular flexibility index (Phi) is 17.1. The van der Waals surface area contributed by atoms with Gasteiger partial charge in [-0.2, -0.15) is 8.42 Å². The first-order valence-corrected chi connectivity index (χ1v) is 25.5. The molecule has 76 heavy (non-hydrogen) atoms. The van der Waals surface area contributed by atoms with Gasteiger partial charge in [0.1, 0.15) is 22.9 Å². The van der Waals surface area contributed by atoms with Gasteiger partial charge in [0, 0.05) is 111 Å². The number of hydrogen-bond acceptors (Lipinski definition) is 18. The van der Waals surface area contributed by atoms with Crippen molar-refractivity contribution in [2.24, 2.45) is 0 Å². The van der Waals surface area contributed by atoms with E-state index in [9.17, 15) is 33.8 Å². The van der Waals surface area contributed by atoms with Crippen LogP contribution in [0, 0.1) is 20.2 Å². The van der Waals surface area contributed by atoms with Crippen molar-refractivity contribution >= 4 is 77.9 Å². The number of aliphatic hydroxyl groups is 1. The molecule has 3 N–H and O–H groups in total. The molecule has 0 bridgehead atoms. The number of anilines is 6. The molecule has 8 aromatic rings. The molecule has 23 heteroatoms. The summed E-state index contributed by atoms with van der Waals surface area (Å²) in [5.74, 6) is 1.29. The molecule has 2 aliphatic heterocycles. The molecule has 0 saturated heterocycles. The first-order valence-electron chi connectivity index (χ1n) is 23.7. The SMILES string of the molecule is C.C.COc1cc(N(C)CCO)c([N+](=O)[O-])cc1Nc1nccc(-c2cn3c4c(cccc24)CCC3)n1.COc1cc(N(C)CCOS(C)(=O)=O)c([N+](=O)[O-])cc1Nc1nccc(-c2cn3c4c(cccc24)CCC3)n1. The Morgan fingerprint density at radius 2 is 1.14 bits per heavy atom. The average Bonchev–Trinajstić information content (AvgIpc) is 3.99. The summed E-state index contributed by atoms with van der Waals surface area (Å²) in [6.45, 7) is 1.98. The zero-order valence-electron chi connectivity index (χ0n) is 41.3. The van der Waals surface area contributed by atoms with Gasteiger partial charge in [0.2, 0.25) is 11.9 Å². The molecule has 2 aliphatic rings. The van der Waals surface area contributed by atoms with Gasteiger partial charge in [0.25, 0.3) is 21.5 Å². The van der Waals surface area contributed by atoms with Crippen LogP contribution in [0.25, 0.3) is 44.3 Å². The maximum absolute atomic E-state index is 11.9. The predicted molar refractivity (Wildman–Crippen MR) is 296 cm³/mol. The molecular formula is C53H62N12O10S. The summed E-state index contributed by atoms with van der Waals surface area (Å²) < 4.78 is 42.9. The van der Waals surface area contributed by atoms with Gasteiger partial charge in [-0.05, 0) is 48.9 Å². The molecule has 4 aromatic carbocycles. The second-order valence-electron chi connectivity index (χ2n) is 17.8. The highest BCUT2D eigenvalue weighted by Crippen LogP contribution is 2.42. The number of benzene rings is 4. The second-order valence-corrected chi connectivity index (χ2v) is 19.4. The maximum Gasteiger partial charge on any atom is 0.294 e. The van der Waals surface area contributed by atoms with E-state index >= 15 is 0 Å². The summed E-state index contributed by atoms with van der Waals surface area (Å²) in [4.78, 5) is 44.0. The Morgan fingerprint density at radius 1 is 0.697 bits per heavy atom. The highest BCUT2D eigenvalue weighted by Gasteiger charge is 2.26. The molecular weight excluding hydrogens is 997 g/mol. The topological polar surface area (TPSA) is 260 Å². The third kappa shape index (κ3) is 11.6. The molecule has 22 nitrogen and oxygen atoms in total. The largest absolute Gasteiger partial charge is 0.494 e. The van der Waals surface area contributed by atoms with Crippen LogP contribution in [-0.2, 0) is 40.2 Å². The molecule has 0 radical (unpaired) electrons. The van der Waals surface area contributed by atoms with E-state index < -0.39 is 20.0 Å². The van der Waals surface area contributed by atoms with E-state index in [4.69, 9.17) is 23.6 Å². The number of nitrogens with one attached hydrogen (secondary N) is 2. The van der Waals surface area contributed by atoms with Gasteiger partial charge in [-0.25, -0.2) is 19.9 Å². The van der Waals surface area contributed by atoms with Crippen molar-refractivity contribution in [3.05, 3.63) is 129 Å². The summed E-state index contributed by atoms with van der Waals surface area (Å²) in [5.41, 5.74) is 9.60. The van der Waals surface area contributed by atoms with E-state index in [2.05, 4.69) is 78.5 Å². The summed E-state index contributed by atoms with van der Waals surface area (Å²) in [6, 6.07) is 22.2. The minimum atomic E-state index is -3.63. The van der Waals surface area contributed by atoms with Gasteiger partial charge < -0.3 is 44.1 Å². The van der Waals surface area contributed by atoms with E-state index in [1.165, 1.54) is 59.5 Å². The van der Waals surface area contributed by atoms with Crippen LogP contribution in [0.2, 0.25) is 0 Å². The van der Waals surface area contributed by atoms with Gasteiger partial charge in [0.15, 0.2) is 0 Å². The number of aromatic nitrogens is 6. The van der Waals surface area contributed by atoms with E-state index in [1.54, 1.807) is 37.5 Å². The number of rotatable bonds is 18. The Labute approximate surface area is 440 Å². The van der Waals surface area contributed by atoms with Crippen LogP contribution in [0.5, 0.6) is 11.5 Å². The smallest absolute Gasteiger partial charge is 0.294 e. The zero-order valence-corrected chi connectivity index (χ0v) is 42.1. The van der Waals surface area contributed by atoms with Crippen molar-refractivity contribution in [2.75, 3.05) is 81.3 Å². The number of ether oxygens (including phenoxy) is 2. The van der Waals surface area contributed by atoms with Crippen molar-refractivity contribution in [1.82, 2.24) is 29.1 Å². The Hall–Kier alpha value is -8.41. The van der Waals surface area contributed by atoms with Crippen LogP contribution in [0.1, 0.15) is 38.8 Å². The highest BCUT2D eigenvalue weighted by molar-refractivity contribution is 7.86. The number of methoxy groups -OCH3 is 2. The Balaban J connectivity index is 0.000000217. The average molecular weight is 1060 g/mol. The van der Waals surface area contributed by atoms with Gasteiger partial charge in [-0.15, -0.1) is 0 Å². The van der Waals surface area contributed by atoms with Crippen molar-refractivity contribution in [1.29, 1.82) is 0 Å². The van der Waals surface area contributed by atoms with Crippen molar-refractivity contribution in [3.8, 4) is 34.0 Å². The number of nitro benzene ring substituents is 2. The number of nitrogens with zero attached hydrogens (tertiary/aromatic N) is 10. The molecule has 10 rings (SSSR count). The number of nitro groups is 2. The predicted octanol–water partition coefficient (Wildman–Crippen LogP) is 9.52. The lowest BCUT2D eigenvalue weighted by molar-refractivity contribution is -0.384. The second kappa shape index (κ2) is 23.4. The van der Waals surface area contributed by atoms with Gasteiger partial charge in [-0.1, -0.05) is 51.3 Å². The summed E-state index contributed by atoms with van der Waals surface area (Å²) in [5, 5.41) is 41.4. The van der Waals surface area contributed by atoms with Crippen LogP contribution in [-0.4, -0.2) is 113 Å². The Morgan fingerprint density at radius 3 is 1.55 bits per heavy atom. The molecule has 4 aromatic heterocycles. The standard InChI is InChI=1S/C26H28N6O6S.C25H26N6O4.2CH4/c1-30(12-13-38-39(3,35)36)22-15-24(37-2)21(14-23(22)32(33)34)29-26-27-10-9-20(28-26)19-16-31-11-5-7-17-6-4-8-18(19)25(17)31;1-29(11-12-32)21-14-23(35-2)20(13-22(21)31(33)34)28-25-26-9-8-19(27-25)18-15-30-10-4-6-16-5-3-7-17(18)24(16)30;;/h4,6,8-10,14-16H,5,7,11-13H2,1-3H3,(H,27,28,29);3,5,7-9,13-15,32H,4,6,10-12H2,1-2H3,(H,26,27,28);2*1H4. The van der Waals surface area contributed by atoms with Crippen molar-refractivity contribution in [3.63, 3.8) is 0 Å². The minimum Gasteiger partial charge on any atom is -0.494 e. The third-order valence-electron chi connectivity index (χ3n) is 13.0. The molecule has 400 valence electrons. The van der Waals surface area contributed by atoms with Crippen molar-refractivity contribution in [2.45, 2.75) is 53.6 Å². The van der Waals surface area contributed by atoms with Crippen molar-refractivity contribution < 1.29 is 37.0 Å². The number of aryl methyl sites for hydroxylation is 4. The van der Waals surface area contributed by atoms with Crippen LogP contribution >= 0.6 is 0 Å². The lowest BCUT2D eigenvalue weighted by atomic mass is 10.0. The van der Waals surface area contributed by atoms with E-state index in [0.717, 1.165) is 78.3 Å². The number of aliphatic hydroxyl groups excluding tert-OH is 1. The van der Waals surface area contributed by atoms with Crippen LogP contribution in [0.4, 0.5) is 46.0 Å². The van der Waals surface area contributed by atoms with Crippen LogP contribution < -0.4 is 29.9 Å². The third-order valence-corrected chi connectivity index (χ3v) is 13.6. The van der Waals surface area contributed by atoms with E-state index in [-0.39, 0.29) is 64.2 Å². The first-order chi connectivity index (χ1) is 35.6. The lowest BCUT2D eigenvalue weighted by Crippen LogP contribution is -2.24. The number of para-hydroxylation sites is 2. The zero-order chi connectivity index (χ0) is 52.3. The minimum absolute atomic E-state index is 0. The summed E-state index contributed by atoms with van der Waals surface area (Å²) >= 11 is 0. The molecule has 0 amide bonds. The maximum atomic E-state index is 11.9. The monoisotopic (exact) mass is 1060 g/mol.